The second-order valence-corrected chi connectivity index (χ2v) is 3.09. The summed E-state index contributed by atoms with van der Waals surface area (Å²) in [6, 6.07) is 2.73. The van der Waals surface area contributed by atoms with Crippen molar-refractivity contribution in [3.63, 3.8) is 0 Å². The molecule has 0 unspecified atom stereocenters. The second-order valence-electron chi connectivity index (χ2n) is 2.68. The average Bonchev–Trinajstić information content (AvgIpc) is 2.27. The predicted molar refractivity (Wildman–Crippen MR) is 54.7 cm³/mol. The van der Waals surface area contributed by atoms with Crippen LogP contribution in [0, 0.1) is 0 Å². The number of methoxy groups -OCH3 is 2. The fourth-order valence-electron chi connectivity index (χ4n) is 1.10. The summed E-state index contributed by atoms with van der Waals surface area (Å²) in [5, 5.41) is 0.157. The zero-order chi connectivity index (χ0) is 11.4. The number of benzene rings is 1. The smallest absolute Gasteiger partial charge is 0.339 e. The molecule has 15 heavy (non-hydrogen) atoms. The van der Waals surface area contributed by atoms with Gasteiger partial charge in [0.15, 0.2) is 6.29 Å². The maximum Gasteiger partial charge on any atom is 0.339 e. The molecule has 0 heterocycles. The minimum Gasteiger partial charge on any atom is -0.496 e. The summed E-state index contributed by atoms with van der Waals surface area (Å²) in [5.41, 5.74) is 0.455. The first kappa shape index (κ1) is 11.5. The van der Waals surface area contributed by atoms with Gasteiger partial charge in [0.05, 0.1) is 30.4 Å². The quantitative estimate of drug-likeness (QED) is 0.586. The zero-order valence-electron chi connectivity index (χ0n) is 8.24. The van der Waals surface area contributed by atoms with Crippen LogP contribution >= 0.6 is 11.6 Å². The Morgan fingerprint density at radius 3 is 2.53 bits per heavy atom. The zero-order valence-corrected chi connectivity index (χ0v) is 9.00. The first-order chi connectivity index (χ1) is 7.13. The number of rotatable bonds is 3. The van der Waals surface area contributed by atoms with Crippen LogP contribution in [0.15, 0.2) is 12.1 Å². The highest BCUT2D eigenvalue weighted by molar-refractivity contribution is 6.34. The number of ether oxygens (including phenoxy) is 2. The topological polar surface area (TPSA) is 52.6 Å². The third kappa shape index (κ3) is 2.27. The Hall–Kier alpha value is -1.55. The molecule has 0 atom stereocenters. The molecule has 0 N–H and O–H groups in total. The van der Waals surface area contributed by atoms with Gasteiger partial charge in [-0.1, -0.05) is 11.6 Å². The predicted octanol–water partition coefficient (Wildman–Crippen LogP) is 1.95. The molecular formula is C10H9ClO4. The molecule has 0 amide bonds. The molecule has 0 bridgehead atoms. The van der Waals surface area contributed by atoms with Gasteiger partial charge in [0, 0.05) is 0 Å². The first-order valence-electron chi connectivity index (χ1n) is 4.05. The van der Waals surface area contributed by atoms with Crippen LogP contribution in [0.3, 0.4) is 0 Å². The van der Waals surface area contributed by atoms with Gasteiger partial charge in [-0.3, -0.25) is 4.79 Å². The Morgan fingerprint density at radius 2 is 2.07 bits per heavy atom. The molecule has 0 saturated carbocycles. The maximum absolute atomic E-state index is 11.3. The standard InChI is InChI=1S/C10H9ClO4/c1-14-9-4-7(10(13)15-2)8(11)3-6(9)5-12/h3-5H,1-2H3. The molecule has 1 aromatic rings. The van der Waals surface area contributed by atoms with Gasteiger partial charge in [-0.25, -0.2) is 4.79 Å². The Labute approximate surface area is 91.7 Å². The van der Waals surface area contributed by atoms with Gasteiger partial charge in [-0.15, -0.1) is 0 Å². The molecule has 0 aromatic heterocycles. The van der Waals surface area contributed by atoms with Crippen LogP contribution in [0.1, 0.15) is 20.7 Å². The third-order valence-corrected chi connectivity index (χ3v) is 2.16. The van der Waals surface area contributed by atoms with Crippen molar-refractivity contribution >= 4 is 23.9 Å². The minimum absolute atomic E-state index is 0.157. The Bertz CT molecular complexity index is 401. The number of aldehydes is 1. The highest BCUT2D eigenvalue weighted by Crippen LogP contribution is 2.26. The van der Waals surface area contributed by atoms with Crippen LogP contribution in [0.2, 0.25) is 5.02 Å². The van der Waals surface area contributed by atoms with Gasteiger partial charge in [0.2, 0.25) is 0 Å². The Kier molecular flexibility index (Phi) is 3.68. The van der Waals surface area contributed by atoms with Crippen molar-refractivity contribution in [2.75, 3.05) is 14.2 Å². The van der Waals surface area contributed by atoms with E-state index in [0.29, 0.717) is 6.29 Å². The van der Waals surface area contributed by atoms with Crippen molar-refractivity contribution < 1.29 is 19.1 Å². The highest BCUT2D eigenvalue weighted by atomic mass is 35.5. The minimum atomic E-state index is -0.573. The van der Waals surface area contributed by atoms with E-state index in [4.69, 9.17) is 16.3 Å². The molecule has 1 aromatic carbocycles. The molecular weight excluding hydrogens is 220 g/mol. The third-order valence-electron chi connectivity index (χ3n) is 1.85. The van der Waals surface area contributed by atoms with Gasteiger partial charge in [0.25, 0.3) is 0 Å². The summed E-state index contributed by atoms with van der Waals surface area (Å²) < 4.78 is 9.45. The summed E-state index contributed by atoms with van der Waals surface area (Å²) >= 11 is 5.80. The van der Waals surface area contributed by atoms with E-state index in [0.717, 1.165) is 0 Å². The summed E-state index contributed by atoms with van der Waals surface area (Å²) in [7, 11) is 2.65. The number of halogens is 1. The van der Waals surface area contributed by atoms with Crippen LogP contribution in [0.4, 0.5) is 0 Å². The first-order valence-corrected chi connectivity index (χ1v) is 4.42. The van der Waals surface area contributed by atoms with Gasteiger partial charge in [-0.05, 0) is 12.1 Å². The van der Waals surface area contributed by atoms with Gasteiger partial charge < -0.3 is 9.47 Å². The van der Waals surface area contributed by atoms with E-state index < -0.39 is 5.97 Å². The SMILES string of the molecule is COC(=O)c1cc(OC)c(C=O)cc1Cl. The van der Waals surface area contributed by atoms with Crippen LogP contribution in [0.5, 0.6) is 5.75 Å². The van der Waals surface area contributed by atoms with Gasteiger partial charge >= 0.3 is 5.97 Å². The van der Waals surface area contributed by atoms with E-state index in [1.54, 1.807) is 0 Å². The van der Waals surface area contributed by atoms with E-state index in [1.165, 1.54) is 26.4 Å². The monoisotopic (exact) mass is 228 g/mol. The molecule has 0 spiro atoms. The summed E-state index contributed by atoms with van der Waals surface area (Å²) in [5.74, 6) is -0.287. The molecule has 0 aliphatic rings. The average molecular weight is 229 g/mol. The summed E-state index contributed by atoms with van der Waals surface area (Å²) in [4.78, 5) is 21.9. The van der Waals surface area contributed by atoms with E-state index in [-0.39, 0.29) is 21.9 Å². The fraction of sp³-hybridized carbons (Fsp3) is 0.200. The molecule has 0 aliphatic heterocycles. The van der Waals surface area contributed by atoms with Crippen molar-refractivity contribution in [1.82, 2.24) is 0 Å². The van der Waals surface area contributed by atoms with E-state index in [1.807, 2.05) is 0 Å². The van der Waals surface area contributed by atoms with Gasteiger partial charge in [-0.2, -0.15) is 0 Å². The molecule has 0 radical (unpaired) electrons. The normalized spacial score (nSPS) is 9.53. The molecule has 0 aliphatic carbocycles. The van der Waals surface area contributed by atoms with Gasteiger partial charge in [0.1, 0.15) is 5.75 Å². The van der Waals surface area contributed by atoms with E-state index in [2.05, 4.69) is 4.74 Å². The molecule has 5 heteroatoms. The molecule has 0 fully saturated rings. The van der Waals surface area contributed by atoms with Crippen LogP contribution < -0.4 is 4.74 Å². The molecule has 80 valence electrons. The fourth-order valence-corrected chi connectivity index (χ4v) is 1.35. The molecule has 0 saturated heterocycles. The Balaban J connectivity index is 3.31. The number of hydrogen-bond acceptors (Lipinski definition) is 4. The second kappa shape index (κ2) is 4.79. The van der Waals surface area contributed by atoms with Crippen molar-refractivity contribution in [3.8, 4) is 5.75 Å². The van der Waals surface area contributed by atoms with Crippen LogP contribution in [-0.2, 0) is 4.74 Å². The van der Waals surface area contributed by atoms with E-state index in [9.17, 15) is 9.59 Å². The Morgan fingerprint density at radius 1 is 1.40 bits per heavy atom. The van der Waals surface area contributed by atoms with Crippen molar-refractivity contribution in [2.24, 2.45) is 0 Å². The van der Waals surface area contributed by atoms with E-state index >= 15 is 0 Å². The lowest BCUT2D eigenvalue weighted by Gasteiger charge is -2.07. The lowest BCUT2D eigenvalue weighted by Crippen LogP contribution is -2.04. The lowest BCUT2D eigenvalue weighted by molar-refractivity contribution is 0.0600. The number of carbonyl (C=O) groups is 2. The number of carbonyl (C=O) groups excluding carboxylic acids is 2. The van der Waals surface area contributed by atoms with Crippen molar-refractivity contribution in [1.29, 1.82) is 0 Å². The van der Waals surface area contributed by atoms with Crippen LogP contribution in [0.25, 0.3) is 0 Å². The van der Waals surface area contributed by atoms with Crippen molar-refractivity contribution in [2.45, 2.75) is 0 Å². The van der Waals surface area contributed by atoms with Crippen LogP contribution in [-0.4, -0.2) is 26.5 Å². The summed E-state index contributed by atoms with van der Waals surface area (Å²) in [6.45, 7) is 0. The maximum atomic E-state index is 11.3. The lowest BCUT2D eigenvalue weighted by atomic mass is 10.1. The highest BCUT2D eigenvalue weighted by Gasteiger charge is 2.15. The number of esters is 1. The molecule has 1 rings (SSSR count). The summed E-state index contributed by atoms with van der Waals surface area (Å²) in [6.07, 6.45) is 0.603. The molecule has 4 nitrogen and oxygen atoms in total. The van der Waals surface area contributed by atoms with Crippen molar-refractivity contribution in [3.05, 3.63) is 28.3 Å². The number of hydrogen-bond donors (Lipinski definition) is 0. The largest absolute Gasteiger partial charge is 0.496 e.